The van der Waals surface area contributed by atoms with E-state index in [1.54, 1.807) is 33.2 Å². The monoisotopic (exact) mass is 265 g/mol. The van der Waals surface area contributed by atoms with E-state index in [1.807, 2.05) is 0 Å². The molecule has 0 saturated carbocycles. The molecule has 19 heavy (non-hydrogen) atoms. The molecule has 1 aromatic rings. The van der Waals surface area contributed by atoms with Crippen LogP contribution >= 0.6 is 0 Å². The highest BCUT2D eigenvalue weighted by molar-refractivity contribution is 5.88. The van der Waals surface area contributed by atoms with Crippen molar-refractivity contribution in [3.05, 3.63) is 29.6 Å². The minimum absolute atomic E-state index is 0.00572. The van der Waals surface area contributed by atoms with Crippen LogP contribution in [0.3, 0.4) is 0 Å². The Morgan fingerprint density at radius 1 is 1.42 bits per heavy atom. The highest BCUT2D eigenvalue weighted by Crippen LogP contribution is 2.02. The highest BCUT2D eigenvalue weighted by Gasteiger charge is 2.14. The molecule has 0 aliphatic rings. The summed E-state index contributed by atoms with van der Waals surface area (Å²) < 4.78 is 4.59. The van der Waals surface area contributed by atoms with Crippen molar-refractivity contribution in [1.82, 2.24) is 15.2 Å². The molecule has 0 aliphatic heterocycles. The molecule has 0 radical (unpaired) electrons. The number of hydrogen-bond acceptors (Lipinski definition) is 5. The van der Waals surface area contributed by atoms with Crippen molar-refractivity contribution in [2.24, 2.45) is 0 Å². The molecule has 1 rings (SSSR count). The molecular formula is C13H19N3O3. The quantitative estimate of drug-likeness (QED) is 0.782. The summed E-state index contributed by atoms with van der Waals surface area (Å²) in [5.41, 5.74) is 1.16. The third-order valence-corrected chi connectivity index (χ3v) is 2.65. The van der Waals surface area contributed by atoms with Crippen molar-refractivity contribution in [2.75, 3.05) is 21.2 Å². The van der Waals surface area contributed by atoms with Gasteiger partial charge in [-0.3, -0.25) is 9.78 Å². The molecule has 0 saturated heterocycles. The zero-order chi connectivity index (χ0) is 14.4. The van der Waals surface area contributed by atoms with Crippen molar-refractivity contribution in [2.45, 2.75) is 19.5 Å². The first-order chi connectivity index (χ1) is 8.95. The number of nitrogens with one attached hydrogen (secondary N) is 1. The van der Waals surface area contributed by atoms with E-state index >= 15 is 0 Å². The SMILES string of the molecule is COC(=O)c1ccc(CNC(C)C(=O)N(C)C)nc1. The van der Waals surface area contributed by atoms with E-state index < -0.39 is 5.97 Å². The average Bonchev–Trinajstić information content (AvgIpc) is 2.43. The minimum Gasteiger partial charge on any atom is -0.465 e. The molecule has 0 bridgehead atoms. The summed E-state index contributed by atoms with van der Waals surface area (Å²) in [7, 11) is 4.75. The largest absolute Gasteiger partial charge is 0.465 e. The maximum absolute atomic E-state index is 11.6. The number of esters is 1. The molecule has 6 heteroatoms. The summed E-state index contributed by atoms with van der Waals surface area (Å²) in [6.07, 6.45) is 1.46. The Kier molecular flexibility index (Phi) is 5.44. The van der Waals surface area contributed by atoms with Gasteiger partial charge in [-0.2, -0.15) is 0 Å². The second kappa shape index (κ2) is 6.84. The van der Waals surface area contributed by atoms with E-state index in [1.165, 1.54) is 18.2 Å². The van der Waals surface area contributed by atoms with Gasteiger partial charge in [0.1, 0.15) is 0 Å². The molecule has 1 unspecified atom stereocenters. The number of carbonyl (C=O) groups is 2. The molecule has 6 nitrogen and oxygen atoms in total. The van der Waals surface area contributed by atoms with Crippen LogP contribution in [0.1, 0.15) is 23.0 Å². The smallest absolute Gasteiger partial charge is 0.339 e. The Balaban J connectivity index is 2.55. The Bertz CT molecular complexity index is 443. The maximum Gasteiger partial charge on any atom is 0.339 e. The molecule has 0 aromatic carbocycles. The summed E-state index contributed by atoms with van der Waals surface area (Å²) in [5.74, 6) is -0.408. The van der Waals surface area contributed by atoms with Gasteiger partial charge in [-0.15, -0.1) is 0 Å². The predicted octanol–water partition coefficient (Wildman–Crippen LogP) is 0.434. The number of carbonyl (C=O) groups excluding carboxylic acids is 2. The van der Waals surface area contributed by atoms with Crippen LogP contribution < -0.4 is 5.32 Å². The topological polar surface area (TPSA) is 71.5 Å². The molecule has 0 spiro atoms. The number of hydrogen-bond donors (Lipinski definition) is 1. The van der Waals surface area contributed by atoms with Crippen molar-refractivity contribution in [3.8, 4) is 0 Å². The van der Waals surface area contributed by atoms with E-state index in [0.29, 0.717) is 12.1 Å². The number of rotatable bonds is 5. The molecule has 1 amide bonds. The molecule has 0 fully saturated rings. The van der Waals surface area contributed by atoms with Gasteiger partial charge in [-0.05, 0) is 19.1 Å². The van der Waals surface area contributed by atoms with Gasteiger partial charge < -0.3 is 15.0 Å². The summed E-state index contributed by atoms with van der Waals surface area (Å²) >= 11 is 0. The van der Waals surface area contributed by atoms with Crippen LogP contribution in [0.15, 0.2) is 18.3 Å². The summed E-state index contributed by atoms with van der Waals surface area (Å²) in [4.78, 5) is 28.5. The second-order valence-corrected chi connectivity index (χ2v) is 4.37. The second-order valence-electron chi connectivity index (χ2n) is 4.37. The van der Waals surface area contributed by atoms with Crippen LogP contribution in [0.25, 0.3) is 0 Å². The van der Waals surface area contributed by atoms with Gasteiger partial charge in [0.25, 0.3) is 0 Å². The summed E-state index contributed by atoms with van der Waals surface area (Å²) in [6.45, 7) is 2.26. The Morgan fingerprint density at radius 3 is 2.58 bits per heavy atom. The first kappa shape index (κ1) is 15.1. The lowest BCUT2D eigenvalue weighted by Crippen LogP contribution is -2.41. The van der Waals surface area contributed by atoms with Gasteiger partial charge in [-0.25, -0.2) is 4.79 Å². The fourth-order valence-corrected chi connectivity index (χ4v) is 1.50. The minimum atomic E-state index is -0.414. The Labute approximate surface area is 112 Å². The van der Waals surface area contributed by atoms with Crippen molar-refractivity contribution < 1.29 is 14.3 Å². The van der Waals surface area contributed by atoms with Gasteiger partial charge >= 0.3 is 5.97 Å². The molecule has 1 heterocycles. The number of pyridine rings is 1. The van der Waals surface area contributed by atoms with Crippen molar-refractivity contribution in [1.29, 1.82) is 0 Å². The van der Waals surface area contributed by atoms with E-state index in [9.17, 15) is 9.59 Å². The van der Waals surface area contributed by atoms with Gasteiger partial charge in [-0.1, -0.05) is 0 Å². The van der Waals surface area contributed by atoms with E-state index in [-0.39, 0.29) is 11.9 Å². The van der Waals surface area contributed by atoms with E-state index in [2.05, 4.69) is 15.0 Å². The van der Waals surface area contributed by atoms with Crippen LogP contribution in [0.5, 0.6) is 0 Å². The van der Waals surface area contributed by atoms with Gasteiger partial charge in [0.05, 0.1) is 24.4 Å². The number of likely N-dealkylation sites (N-methyl/N-ethyl adjacent to an activating group) is 1. The number of aromatic nitrogens is 1. The van der Waals surface area contributed by atoms with Gasteiger partial charge in [0.2, 0.25) is 5.91 Å². The molecule has 104 valence electrons. The number of nitrogens with zero attached hydrogens (tertiary/aromatic N) is 2. The third kappa shape index (κ3) is 4.33. The van der Waals surface area contributed by atoms with Gasteiger partial charge in [0.15, 0.2) is 0 Å². The fraction of sp³-hybridized carbons (Fsp3) is 0.462. The Morgan fingerprint density at radius 2 is 2.11 bits per heavy atom. The fourth-order valence-electron chi connectivity index (χ4n) is 1.50. The van der Waals surface area contributed by atoms with E-state index in [0.717, 1.165) is 5.69 Å². The van der Waals surface area contributed by atoms with Crippen LogP contribution in [0, 0.1) is 0 Å². The van der Waals surface area contributed by atoms with Crippen LogP contribution in [0.2, 0.25) is 0 Å². The highest BCUT2D eigenvalue weighted by atomic mass is 16.5. The van der Waals surface area contributed by atoms with Crippen LogP contribution in [0.4, 0.5) is 0 Å². The maximum atomic E-state index is 11.6. The summed E-state index contributed by atoms with van der Waals surface area (Å²) in [5, 5.41) is 3.07. The zero-order valence-corrected chi connectivity index (χ0v) is 11.6. The van der Waals surface area contributed by atoms with Crippen molar-refractivity contribution in [3.63, 3.8) is 0 Å². The molecule has 0 aliphatic carbocycles. The zero-order valence-electron chi connectivity index (χ0n) is 11.6. The average molecular weight is 265 g/mol. The van der Waals surface area contributed by atoms with Crippen LogP contribution in [-0.4, -0.2) is 49.0 Å². The molecular weight excluding hydrogens is 246 g/mol. The lowest BCUT2D eigenvalue weighted by molar-refractivity contribution is -0.130. The predicted molar refractivity (Wildman–Crippen MR) is 70.6 cm³/mol. The standard InChI is InChI=1S/C13H19N3O3/c1-9(12(17)16(2)3)14-8-11-6-5-10(7-15-11)13(18)19-4/h5-7,9,14H,8H2,1-4H3. The third-order valence-electron chi connectivity index (χ3n) is 2.65. The Hall–Kier alpha value is -1.95. The summed E-state index contributed by atoms with van der Waals surface area (Å²) in [6, 6.07) is 3.09. The van der Waals surface area contributed by atoms with E-state index in [4.69, 9.17) is 0 Å². The molecule has 1 atom stereocenters. The number of methoxy groups -OCH3 is 1. The lowest BCUT2D eigenvalue weighted by Gasteiger charge is -2.17. The molecule has 1 N–H and O–H groups in total. The number of ether oxygens (including phenoxy) is 1. The number of amides is 1. The van der Waals surface area contributed by atoms with Gasteiger partial charge in [0, 0.05) is 26.8 Å². The first-order valence-corrected chi connectivity index (χ1v) is 5.93. The van der Waals surface area contributed by atoms with Crippen molar-refractivity contribution >= 4 is 11.9 Å². The lowest BCUT2D eigenvalue weighted by atomic mass is 10.2. The first-order valence-electron chi connectivity index (χ1n) is 5.93. The molecule has 1 aromatic heterocycles. The van der Waals surface area contributed by atoms with Crippen LogP contribution in [-0.2, 0) is 16.1 Å². The normalized spacial score (nSPS) is 11.8.